The maximum atomic E-state index is 5.92. The maximum Gasteiger partial charge on any atom is 0.228 e. The van der Waals surface area contributed by atoms with Crippen LogP contribution in [0.3, 0.4) is 0 Å². The summed E-state index contributed by atoms with van der Waals surface area (Å²) < 4.78 is 5.37. The van der Waals surface area contributed by atoms with E-state index in [0.717, 1.165) is 43.7 Å². The topological polar surface area (TPSA) is 95.6 Å². The molecule has 0 unspecified atom stereocenters. The van der Waals surface area contributed by atoms with Gasteiger partial charge in [-0.25, -0.2) is 9.97 Å². The monoisotopic (exact) mass is 426 g/mol. The minimum absolute atomic E-state index is 0.560. The van der Waals surface area contributed by atoms with E-state index in [4.69, 9.17) is 16.1 Å². The highest BCUT2D eigenvalue weighted by Gasteiger charge is 2.21. The zero-order valence-corrected chi connectivity index (χ0v) is 17.5. The quantitative estimate of drug-likeness (QED) is 0.489. The van der Waals surface area contributed by atoms with E-state index in [-0.39, 0.29) is 0 Å². The average Bonchev–Trinajstić information content (AvgIpc) is 3.27. The third-order valence-corrected chi connectivity index (χ3v) is 5.07. The number of hydrogen-bond donors (Lipinski definition) is 1. The minimum Gasteiger partial charge on any atom is -0.356 e. The Hall–Kier alpha value is -3.20. The second kappa shape index (κ2) is 9.53. The van der Waals surface area contributed by atoms with Gasteiger partial charge in [0.15, 0.2) is 5.96 Å². The molecule has 1 N–H and O–H groups in total. The van der Waals surface area contributed by atoms with Crippen LogP contribution in [0.25, 0.3) is 11.4 Å². The molecule has 3 aromatic rings. The Labute approximate surface area is 179 Å². The van der Waals surface area contributed by atoms with E-state index in [1.54, 1.807) is 19.4 Å². The van der Waals surface area contributed by atoms with Crippen molar-refractivity contribution in [2.75, 3.05) is 44.7 Å². The SMILES string of the molecule is CN=C(NCCc1nc(-c2ccc(Cl)cc2)no1)N1CCN(c2ncccn2)CC1. The molecule has 2 aromatic heterocycles. The first-order chi connectivity index (χ1) is 14.7. The van der Waals surface area contributed by atoms with Gasteiger partial charge in [-0.1, -0.05) is 16.8 Å². The molecule has 0 spiro atoms. The van der Waals surface area contributed by atoms with Crippen molar-refractivity contribution >= 4 is 23.5 Å². The number of nitrogens with zero attached hydrogens (tertiary/aromatic N) is 7. The van der Waals surface area contributed by atoms with E-state index in [1.165, 1.54) is 0 Å². The Bertz CT molecular complexity index is 968. The summed E-state index contributed by atoms with van der Waals surface area (Å²) in [5.41, 5.74) is 0.874. The third-order valence-electron chi connectivity index (χ3n) is 4.82. The zero-order chi connectivity index (χ0) is 20.8. The summed E-state index contributed by atoms with van der Waals surface area (Å²) in [6, 6.07) is 9.19. The first-order valence-corrected chi connectivity index (χ1v) is 10.2. The van der Waals surface area contributed by atoms with Gasteiger partial charge in [-0.05, 0) is 30.3 Å². The molecule has 3 heterocycles. The first kappa shape index (κ1) is 20.1. The van der Waals surface area contributed by atoms with Crippen molar-refractivity contribution in [3.8, 4) is 11.4 Å². The second-order valence-electron chi connectivity index (χ2n) is 6.77. The third kappa shape index (κ3) is 4.85. The van der Waals surface area contributed by atoms with Gasteiger partial charge in [-0.15, -0.1) is 0 Å². The Morgan fingerprint density at radius 2 is 1.87 bits per heavy atom. The molecule has 0 saturated carbocycles. The van der Waals surface area contributed by atoms with E-state index in [2.05, 4.69) is 40.2 Å². The Balaban J connectivity index is 1.26. The number of nitrogens with one attached hydrogen (secondary N) is 1. The van der Waals surface area contributed by atoms with Crippen molar-refractivity contribution in [3.05, 3.63) is 53.6 Å². The molecule has 0 aliphatic carbocycles. The molecular weight excluding hydrogens is 404 g/mol. The maximum absolute atomic E-state index is 5.92. The normalized spacial score (nSPS) is 14.8. The van der Waals surface area contributed by atoms with Crippen molar-refractivity contribution in [2.24, 2.45) is 4.99 Å². The fourth-order valence-corrected chi connectivity index (χ4v) is 3.38. The molecule has 30 heavy (non-hydrogen) atoms. The van der Waals surface area contributed by atoms with Crippen molar-refractivity contribution in [1.29, 1.82) is 0 Å². The van der Waals surface area contributed by atoms with E-state index in [0.29, 0.717) is 29.7 Å². The van der Waals surface area contributed by atoms with Crippen LogP contribution in [0.4, 0.5) is 5.95 Å². The number of anilines is 1. The Morgan fingerprint density at radius 1 is 1.13 bits per heavy atom. The molecule has 156 valence electrons. The molecule has 0 atom stereocenters. The van der Waals surface area contributed by atoms with Gasteiger partial charge in [0.1, 0.15) is 0 Å². The summed E-state index contributed by atoms with van der Waals surface area (Å²) in [6.45, 7) is 4.03. The van der Waals surface area contributed by atoms with Gasteiger partial charge in [-0.3, -0.25) is 4.99 Å². The first-order valence-electron chi connectivity index (χ1n) is 9.79. The molecule has 10 heteroatoms. The standard InChI is InChI=1S/C20H23ClN8O/c1-22-19(28-11-13-29(14-12-28)20-23-8-2-9-24-20)25-10-7-17-26-18(27-30-17)15-3-5-16(21)6-4-15/h2-6,8-9H,7,10-14H2,1H3,(H,22,25). The van der Waals surface area contributed by atoms with Crippen molar-refractivity contribution in [1.82, 2.24) is 30.3 Å². The van der Waals surface area contributed by atoms with Crippen LogP contribution in [0, 0.1) is 0 Å². The van der Waals surface area contributed by atoms with Gasteiger partial charge in [0.05, 0.1) is 0 Å². The lowest BCUT2D eigenvalue weighted by Crippen LogP contribution is -2.53. The number of guanidine groups is 1. The second-order valence-corrected chi connectivity index (χ2v) is 7.20. The van der Waals surface area contributed by atoms with Gasteiger partial charge >= 0.3 is 0 Å². The highest BCUT2D eigenvalue weighted by molar-refractivity contribution is 6.30. The lowest BCUT2D eigenvalue weighted by molar-refractivity contribution is 0.363. The summed E-state index contributed by atoms with van der Waals surface area (Å²) in [5.74, 6) is 2.77. The zero-order valence-electron chi connectivity index (χ0n) is 16.7. The fraction of sp³-hybridized carbons (Fsp3) is 0.350. The van der Waals surface area contributed by atoms with Crippen LogP contribution in [0.2, 0.25) is 5.02 Å². The van der Waals surface area contributed by atoms with Crippen LogP contribution in [0.1, 0.15) is 5.89 Å². The Kier molecular flexibility index (Phi) is 6.38. The number of aliphatic imine (C=N–C) groups is 1. The minimum atomic E-state index is 0.560. The number of hydrogen-bond acceptors (Lipinski definition) is 7. The number of piperazine rings is 1. The van der Waals surface area contributed by atoms with E-state index in [1.807, 2.05) is 30.3 Å². The number of aromatic nitrogens is 4. The lowest BCUT2D eigenvalue weighted by atomic mass is 10.2. The van der Waals surface area contributed by atoms with Crippen LogP contribution in [0.15, 0.2) is 52.2 Å². The molecule has 0 radical (unpaired) electrons. The number of halogens is 1. The van der Waals surface area contributed by atoms with Gasteiger partial charge in [-0.2, -0.15) is 4.98 Å². The van der Waals surface area contributed by atoms with Gasteiger partial charge in [0.25, 0.3) is 0 Å². The summed E-state index contributed by atoms with van der Waals surface area (Å²) >= 11 is 5.92. The van der Waals surface area contributed by atoms with Crippen LogP contribution >= 0.6 is 11.6 Å². The molecular formula is C20H23ClN8O. The molecule has 1 aliphatic heterocycles. The summed E-state index contributed by atoms with van der Waals surface area (Å²) in [6.07, 6.45) is 4.15. The predicted molar refractivity (Wildman–Crippen MR) is 116 cm³/mol. The number of rotatable bonds is 5. The van der Waals surface area contributed by atoms with Crippen molar-refractivity contribution < 1.29 is 4.52 Å². The average molecular weight is 427 g/mol. The summed E-state index contributed by atoms with van der Waals surface area (Å²) in [4.78, 5) is 21.9. The van der Waals surface area contributed by atoms with Gasteiger partial charge < -0.3 is 19.6 Å². The van der Waals surface area contributed by atoms with Crippen molar-refractivity contribution in [3.63, 3.8) is 0 Å². The molecule has 0 bridgehead atoms. The predicted octanol–water partition coefficient (Wildman–Crippen LogP) is 2.12. The van der Waals surface area contributed by atoms with Gasteiger partial charge in [0.2, 0.25) is 17.7 Å². The van der Waals surface area contributed by atoms with Crippen LogP contribution in [-0.2, 0) is 6.42 Å². The lowest BCUT2D eigenvalue weighted by Gasteiger charge is -2.36. The highest BCUT2D eigenvalue weighted by atomic mass is 35.5. The summed E-state index contributed by atoms with van der Waals surface area (Å²) in [7, 11) is 1.79. The molecule has 1 aliphatic rings. The van der Waals surface area contributed by atoms with E-state index in [9.17, 15) is 0 Å². The van der Waals surface area contributed by atoms with Crippen LogP contribution in [-0.4, -0.2) is 70.7 Å². The van der Waals surface area contributed by atoms with Gasteiger partial charge in [0, 0.05) is 69.2 Å². The number of benzene rings is 1. The fourth-order valence-electron chi connectivity index (χ4n) is 3.26. The largest absolute Gasteiger partial charge is 0.356 e. The highest BCUT2D eigenvalue weighted by Crippen LogP contribution is 2.18. The van der Waals surface area contributed by atoms with E-state index >= 15 is 0 Å². The smallest absolute Gasteiger partial charge is 0.228 e. The molecule has 0 amide bonds. The van der Waals surface area contributed by atoms with Crippen molar-refractivity contribution in [2.45, 2.75) is 6.42 Å². The van der Waals surface area contributed by atoms with Crippen LogP contribution < -0.4 is 10.2 Å². The summed E-state index contributed by atoms with van der Waals surface area (Å²) in [5, 5.41) is 8.10. The van der Waals surface area contributed by atoms with Crippen LogP contribution in [0.5, 0.6) is 0 Å². The molecule has 9 nitrogen and oxygen atoms in total. The molecule has 1 aromatic carbocycles. The molecule has 1 saturated heterocycles. The molecule has 1 fully saturated rings. The van der Waals surface area contributed by atoms with E-state index < -0.39 is 0 Å². The Morgan fingerprint density at radius 3 is 2.57 bits per heavy atom. The molecule has 4 rings (SSSR count).